The highest BCUT2D eigenvalue weighted by Gasteiger charge is 2.30. The summed E-state index contributed by atoms with van der Waals surface area (Å²) in [7, 11) is 16.0. The molecule has 0 aliphatic rings. The van der Waals surface area contributed by atoms with Gasteiger partial charge in [-0.15, -0.1) is 15.3 Å². The summed E-state index contributed by atoms with van der Waals surface area (Å²) in [6.07, 6.45) is 14.8. The van der Waals surface area contributed by atoms with Gasteiger partial charge in [0.1, 0.15) is 34.5 Å². The Kier molecular flexibility index (Phi) is 50.7. The first-order valence-corrected chi connectivity index (χ1v) is 70.5. The van der Waals surface area contributed by atoms with E-state index in [0.29, 0.717) is 42.1 Å². The molecule has 132 heavy (non-hydrogen) atoms. The maximum Gasteiger partial charge on any atom is 0.540 e. The Morgan fingerprint density at radius 2 is 0.409 bits per heavy atom. The van der Waals surface area contributed by atoms with Gasteiger partial charge >= 0.3 is 27.9 Å². The highest BCUT2D eigenvalue weighted by Crippen LogP contribution is 2.62. The van der Waals surface area contributed by atoms with Gasteiger partial charge in [0.2, 0.25) is 67.5 Å². The van der Waals surface area contributed by atoms with Crippen LogP contribution >= 0.6 is 172 Å². The Hall–Kier alpha value is -4.71. The fourth-order valence-corrected chi connectivity index (χ4v) is 16.3. The summed E-state index contributed by atoms with van der Waals surface area (Å²) in [5.41, 5.74) is 7.56. The number of nitrogens with zero attached hydrogens (tertiary/aromatic N) is 18. The van der Waals surface area contributed by atoms with Gasteiger partial charge in [0.25, 0.3) is 0 Å². The zero-order chi connectivity index (χ0) is 97.6. The van der Waals surface area contributed by atoms with E-state index in [1.807, 2.05) is 158 Å². The van der Waals surface area contributed by atoms with Crippen LogP contribution in [0.1, 0.15) is 50.1 Å². The second-order valence-electron chi connectivity index (χ2n) is 25.3. The summed E-state index contributed by atoms with van der Waals surface area (Å²) in [4.78, 5) is -13.1. The molecule has 3 unspecified atom stereocenters. The molecular formula is C75H81Cl10N18O9P10S10+3. The number of rotatable bonds is 42. The highest BCUT2D eigenvalue weighted by atomic mass is 35.9. The largest absolute Gasteiger partial charge is 0.540 e. The van der Waals surface area contributed by atoms with E-state index >= 15 is 0 Å². The average Bonchev–Trinajstić information content (AvgIpc) is 0.811. The molecule has 9 aromatic carbocycles. The van der Waals surface area contributed by atoms with Gasteiger partial charge in [0, 0.05) is 54.1 Å². The molecule has 0 heterocycles. The number of hydrogen-bond donors (Lipinski definition) is 0. The van der Waals surface area contributed by atoms with Crippen LogP contribution in [0, 0.1) is 0 Å². The Labute approximate surface area is 871 Å². The molecule has 3 atom stereocenters. The number of ether oxygens (including phenoxy) is 3. The van der Waals surface area contributed by atoms with Crippen LogP contribution in [-0.2, 0) is 118 Å². The van der Waals surface area contributed by atoms with Crippen LogP contribution < -0.4 is 41.4 Å². The summed E-state index contributed by atoms with van der Waals surface area (Å²) in [6, 6.07) is 65.9. The second-order valence-corrected chi connectivity index (χ2v) is 74.3. The first-order chi connectivity index (χ1) is 62.1. The molecule has 27 nitrogen and oxygen atoms in total. The molecule has 0 amide bonds. The van der Waals surface area contributed by atoms with E-state index in [4.69, 9.17) is 260 Å². The lowest BCUT2D eigenvalue weighted by Gasteiger charge is -2.29. The monoisotopic (exact) mass is 2360 g/mol. The molecule has 0 radical (unpaired) electrons. The number of benzene rings is 9. The van der Waals surface area contributed by atoms with Crippen LogP contribution in [0.4, 0.5) is 0 Å². The Morgan fingerprint density at radius 1 is 0.250 bits per heavy atom. The smallest absolute Gasteiger partial charge is 0.497 e. The number of halogens is 10. The second kappa shape index (κ2) is 57.7. The third kappa shape index (κ3) is 44.2. The van der Waals surface area contributed by atoms with E-state index in [1.54, 1.807) is 216 Å². The fourth-order valence-electron chi connectivity index (χ4n) is 8.49. The predicted octanol–water partition coefficient (Wildman–Crippen LogP) is 27.3. The molecule has 0 aliphatic carbocycles. The first kappa shape index (κ1) is 116. The number of methoxy groups -OCH3 is 3. The fraction of sp³-hybridized carbons (Fsp3) is 0.160. The molecule has 9 rings (SSSR count). The van der Waals surface area contributed by atoms with Gasteiger partial charge in [0.15, 0.2) is 17.2 Å². The maximum atomic E-state index is 6.46. The van der Waals surface area contributed by atoms with Crippen molar-refractivity contribution in [3.8, 4) is 51.7 Å². The molecule has 0 fully saturated rings. The maximum absolute atomic E-state index is 6.46. The molecule has 9 aromatic rings. The minimum Gasteiger partial charge on any atom is -0.497 e. The van der Waals surface area contributed by atoms with Crippen molar-refractivity contribution in [2.24, 2.45) is 45.9 Å². The van der Waals surface area contributed by atoms with Gasteiger partial charge in [-0.3, -0.25) is 13.6 Å². The van der Waals surface area contributed by atoms with E-state index in [-0.39, 0.29) is 0 Å². The summed E-state index contributed by atoms with van der Waals surface area (Å²) >= 11 is 111. The van der Waals surface area contributed by atoms with Crippen LogP contribution in [0.5, 0.6) is 51.7 Å². The van der Waals surface area contributed by atoms with Crippen molar-refractivity contribution in [2.45, 2.75) is 0 Å². The molecule has 0 aromatic heterocycles. The molecule has 0 aliphatic heterocycles. The average molecular weight is 2360 g/mol. The van der Waals surface area contributed by atoms with Crippen LogP contribution in [-0.4, -0.2) is 184 Å². The van der Waals surface area contributed by atoms with Gasteiger partial charge < -0.3 is 27.8 Å². The molecule has 0 N–H and O–H groups in total. The summed E-state index contributed by atoms with van der Waals surface area (Å²) in [5.74, 6) is 5.73. The summed E-state index contributed by atoms with van der Waals surface area (Å²) < 4.78 is 64.4. The third-order valence-electron chi connectivity index (χ3n) is 15.9. The van der Waals surface area contributed by atoms with Gasteiger partial charge in [-0.1, -0.05) is 14.3 Å². The molecule has 57 heteroatoms. The van der Waals surface area contributed by atoms with Crippen molar-refractivity contribution < 1.29 is 41.4 Å². The van der Waals surface area contributed by atoms with Crippen molar-refractivity contribution in [3.05, 3.63) is 268 Å². The van der Waals surface area contributed by atoms with Crippen LogP contribution in [0.3, 0.4) is 0 Å². The molecule has 702 valence electrons. The highest BCUT2D eigenvalue weighted by molar-refractivity contribution is 8.39. The van der Waals surface area contributed by atoms with E-state index in [2.05, 4.69) is 57.7 Å². The van der Waals surface area contributed by atoms with Crippen molar-refractivity contribution in [2.75, 3.05) is 84.8 Å². The van der Waals surface area contributed by atoms with E-state index in [9.17, 15) is 0 Å². The quantitative estimate of drug-likeness (QED) is 0.0197. The van der Waals surface area contributed by atoms with Gasteiger partial charge in [-0.2, -0.15) is 30.6 Å². The zero-order valence-corrected chi connectivity index (χ0v) is 95.7. The van der Waals surface area contributed by atoms with Gasteiger partial charge in [0.05, 0.1) is 98.4 Å². The van der Waals surface area contributed by atoms with Crippen molar-refractivity contribution >= 4 is 346 Å². The normalized spacial score (nSPS) is 12.7. The van der Waals surface area contributed by atoms with Crippen LogP contribution in [0.15, 0.2) is 264 Å². The lowest BCUT2D eigenvalue weighted by molar-refractivity contribution is 0.396. The SMILES string of the molecule is CN(/N=C/c1ccc(OP=S)cc1)P(=S)(Cl)Cl.COc1ccc(/C=N/N(C)P(=S)(Cl)Cl)cc1.COc1ccc(/C=N/N(C)P(=S)(Oc2ccc(/C=N/N(C)[P+](=S)Oc3ccc(/C=N/N(C)P(=S)(Cl)Cl)cc3)cc2)Oc2ccc(/C=N/N(C)[P+](=S)Oc3ccc(/C=N/N(C)P(=S)(Cl)Cl)cc3)cc2)cc1.COc1ccc(/C=N/N(C)[P+](=S)Oc2ccc(/C=N/N(C)P(=S)(Cl)Cl)cc2)cc1. The van der Waals surface area contributed by atoms with E-state index < -0.39 is 52.3 Å². The lowest BCUT2D eigenvalue weighted by Crippen LogP contribution is -2.17. The van der Waals surface area contributed by atoms with Gasteiger partial charge in [-0.25, -0.2) is 28.7 Å². The topological polar surface area (TPSA) is 223 Å². The number of hydrazone groups is 9. The first-order valence-electron chi connectivity index (χ1n) is 36.6. The minimum atomic E-state index is -3.37. The molecule has 0 saturated carbocycles. The molecular weight excluding hydrogens is 2280 g/mol. The van der Waals surface area contributed by atoms with E-state index in [1.165, 1.54) is 28.7 Å². The van der Waals surface area contributed by atoms with Crippen LogP contribution in [0.2, 0.25) is 0 Å². The molecule has 0 saturated heterocycles. The third-order valence-corrected chi connectivity index (χ3v) is 38.9. The van der Waals surface area contributed by atoms with E-state index in [0.717, 1.165) is 67.3 Å². The van der Waals surface area contributed by atoms with Crippen molar-refractivity contribution in [1.29, 1.82) is 0 Å². The molecule has 0 bridgehead atoms. The minimum absolute atomic E-state index is 0.449. The van der Waals surface area contributed by atoms with Crippen molar-refractivity contribution in [1.82, 2.24) is 43.0 Å². The standard InChI is InChI=1S/C41H43Cl4N10O5P5S5.C17H19Cl2N4O2P2S2.C9H11Cl2N2OPS.C8H8Cl2N2OP2S2/c1-51(61(66)57-38-19-9-35(10-20-38)29-48-53(3)63(42,43)68)46-27-32-13-23-40(24-14-32)59-65(70,55(5)50-31-34-7-17-37(56-6)18-8-34)60-41-25-15-33(16-26-41)28-47-52(2)62(67)58-39-21-11-36(12-22-39)30-49-54(4)64(44,45)69;1-22(20-12-14-4-8-16(24-3)9-5-14)26(28)25-17-10-6-15(7-11-17)13-21-23(2)27(18,19)29;1-13(15(10,11)16)12-7-8-3-5-9(14-2)6-4-8;1-12(15(9,10)17)11-6-7-2-4-8(5-3-7)13-14-16/h7-31H,1-6H3;4-13H,1-3H3;3-7H,1-2H3;2-6H,1H3/q+2;+1;;/b46-27+,47-28+,48-29+,49-30+,50-31+;20-12+,21-13+;12-7+;11-6+. The lowest BCUT2D eigenvalue weighted by atomic mass is 10.2. The summed E-state index contributed by atoms with van der Waals surface area (Å²) in [6.45, 7) is -3.37. The Balaban J connectivity index is 0.000000347. The molecule has 0 spiro atoms. The van der Waals surface area contributed by atoms with Crippen molar-refractivity contribution in [3.63, 3.8) is 0 Å². The number of hydrogen-bond acceptors (Lipinski definition) is 28. The summed E-state index contributed by atoms with van der Waals surface area (Å²) in [5, 5.41) is 38.7. The predicted molar refractivity (Wildman–Crippen MR) is 601 cm³/mol. The Bertz CT molecular complexity index is 5750. The van der Waals surface area contributed by atoms with Crippen LogP contribution in [0.25, 0.3) is 0 Å². The zero-order valence-electron chi connectivity index (χ0n) is 71.0. The Morgan fingerprint density at radius 3 is 0.583 bits per heavy atom. The van der Waals surface area contributed by atoms with Gasteiger partial charge in [-0.05, 0) is 452 Å².